The van der Waals surface area contributed by atoms with Gasteiger partial charge in [0.25, 0.3) is 0 Å². The van der Waals surface area contributed by atoms with Crippen molar-refractivity contribution in [2.24, 2.45) is 0 Å². The molecule has 0 N–H and O–H groups in total. The molecule has 0 bridgehead atoms. The van der Waals surface area contributed by atoms with Crippen LogP contribution in [0.1, 0.15) is 28.5 Å². The monoisotopic (exact) mass is 238 g/mol. The molecular formula is C15H14N2O. The highest BCUT2D eigenvalue weighted by Gasteiger charge is 2.24. The van der Waals surface area contributed by atoms with Gasteiger partial charge in [-0.2, -0.15) is 5.10 Å². The highest BCUT2D eigenvalue weighted by molar-refractivity contribution is 6.15. The summed E-state index contributed by atoms with van der Waals surface area (Å²) in [4.78, 5) is 12.2. The van der Waals surface area contributed by atoms with E-state index in [0.717, 1.165) is 28.9 Å². The van der Waals surface area contributed by atoms with Crippen molar-refractivity contribution in [1.29, 1.82) is 0 Å². The fourth-order valence-corrected chi connectivity index (χ4v) is 2.28. The Hall–Kier alpha value is -2.16. The van der Waals surface area contributed by atoms with E-state index < -0.39 is 0 Å². The number of hydrogen-bond donors (Lipinski definition) is 0. The Morgan fingerprint density at radius 3 is 2.89 bits per heavy atom. The Balaban J connectivity index is 1.94. The smallest absolute Gasteiger partial charge is 0.189 e. The summed E-state index contributed by atoms with van der Waals surface area (Å²) in [7, 11) is 0. The van der Waals surface area contributed by atoms with Crippen molar-refractivity contribution in [2.45, 2.75) is 19.9 Å². The van der Waals surface area contributed by atoms with Crippen LogP contribution in [0.2, 0.25) is 0 Å². The van der Waals surface area contributed by atoms with E-state index in [1.165, 1.54) is 0 Å². The minimum atomic E-state index is 0.136. The Kier molecular flexibility index (Phi) is 2.59. The molecule has 0 aliphatic heterocycles. The predicted molar refractivity (Wildman–Crippen MR) is 70.4 cm³/mol. The van der Waals surface area contributed by atoms with Crippen molar-refractivity contribution in [2.75, 3.05) is 0 Å². The van der Waals surface area contributed by atoms with Gasteiger partial charge in [0.05, 0.1) is 5.69 Å². The molecule has 0 radical (unpaired) electrons. The molecule has 90 valence electrons. The molecule has 3 heteroatoms. The molecule has 1 heterocycles. The van der Waals surface area contributed by atoms with Gasteiger partial charge in [0.2, 0.25) is 0 Å². The van der Waals surface area contributed by atoms with Gasteiger partial charge >= 0.3 is 0 Å². The van der Waals surface area contributed by atoms with Gasteiger partial charge in [-0.25, -0.2) is 0 Å². The predicted octanol–water partition coefficient (Wildman–Crippen LogP) is 2.73. The number of fused-ring (bicyclic) bond motifs is 1. The summed E-state index contributed by atoms with van der Waals surface area (Å²) in [5.74, 6) is 0.136. The second-order valence-electron chi connectivity index (χ2n) is 4.43. The lowest BCUT2D eigenvalue weighted by Crippen LogP contribution is -1.96. The Morgan fingerprint density at radius 1 is 1.33 bits per heavy atom. The van der Waals surface area contributed by atoms with E-state index in [9.17, 15) is 4.79 Å². The lowest BCUT2D eigenvalue weighted by atomic mass is 10.1. The first-order chi connectivity index (χ1) is 8.78. The number of rotatable bonds is 2. The number of nitrogens with zero attached hydrogens (tertiary/aromatic N) is 2. The van der Waals surface area contributed by atoms with Crippen LogP contribution in [0, 0.1) is 0 Å². The lowest BCUT2D eigenvalue weighted by Gasteiger charge is -1.93. The maximum absolute atomic E-state index is 12.2. The molecule has 0 unspecified atom stereocenters. The Morgan fingerprint density at radius 2 is 2.17 bits per heavy atom. The molecular weight excluding hydrogens is 224 g/mol. The molecule has 0 atom stereocenters. The van der Waals surface area contributed by atoms with Crippen molar-refractivity contribution in [3.63, 3.8) is 0 Å². The second-order valence-corrected chi connectivity index (χ2v) is 4.43. The number of hydrogen-bond acceptors (Lipinski definition) is 2. The molecule has 1 aliphatic rings. The fraction of sp³-hybridized carbons (Fsp3) is 0.200. The van der Waals surface area contributed by atoms with Gasteiger partial charge in [0.1, 0.15) is 0 Å². The Labute approximate surface area is 106 Å². The summed E-state index contributed by atoms with van der Waals surface area (Å²) < 4.78 is 1.86. The molecule has 18 heavy (non-hydrogen) atoms. The van der Waals surface area contributed by atoms with Crippen LogP contribution in [0.3, 0.4) is 0 Å². The topological polar surface area (TPSA) is 34.9 Å². The van der Waals surface area contributed by atoms with E-state index in [4.69, 9.17) is 0 Å². The quantitative estimate of drug-likeness (QED) is 0.754. The fourth-order valence-electron chi connectivity index (χ4n) is 2.28. The van der Waals surface area contributed by atoms with Crippen molar-refractivity contribution >= 4 is 11.9 Å². The summed E-state index contributed by atoms with van der Waals surface area (Å²) in [6, 6.07) is 9.72. The SMILES string of the molecule is CCn1ccc(/C=C2\Cc3ccccc3C2=O)n1. The zero-order valence-corrected chi connectivity index (χ0v) is 10.3. The summed E-state index contributed by atoms with van der Waals surface area (Å²) in [5.41, 5.74) is 3.63. The van der Waals surface area contributed by atoms with Crippen molar-refractivity contribution in [1.82, 2.24) is 9.78 Å². The number of benzene rings is 1. The van der Waals surface area contributed by atoms with Crippen LogP contribution in [0.25, 0.3) is 6.08 Å². The average molecular weight is 238 g/mol. The zero-order valence-electron chi connectivity index (χ0n) is 10.3. The normalized spacial score (nSPS) is 16.3. The number of Topliss-reactive ketones (excluding diaryl/α,β-unsaturated/α-hetero) is 1. The van der Waals surface area contributed by atoms with Gasteiger partial charge in [-0.15, -0.1) is 0 Å². The number of carbonyl (C=O) groups is 1. The van der Waals surface area contributed by atoms with E-state index in [2.05, 4.69) is 5.10 Å². The number of ketones is 1. The molecule has 0 amide bonds. The zero-order chi connectivity index (χ0) is 12.5. The molecule has 3 rings (SSSR count). The van der Waals surface area contributed by atoms with E-state index in [1.807, 2.05) is 54.2 Å². The average Bonchev–Trinajstić information content (AvgIpc) is 2.97. The van der Waals surface area contributed by atoms with Gasteiger partial charge < -0.3 is 0 Å². The molecule has 0 saturated carbocycles. The number of carbonyl (C=O) groups excluding carboxylic acids is 1. The van der Waals surface area contributed by atoms with Crippen LogP contribution in [0.4, 0.5) is 0 Å². The van der Waals surface area contributed by atoms with E-state index in [0.29, 0.717) is 6.42 Å². The minimum absolute atomic E-state index is 0.136. The van der Waals surface area contributed by atoms with Gasteiger partial charge in [0.15, 0.2) is 5.78 Å². The van der Waals surface area contributed by atoms with Crippen LogP contribution in [-0.4, -0.2) is 15.6 Å². The number of aryl methyl sites for hydroxylation is 1. The van der Waals surface area contributed by atoms with E-state index in [1.54, 1.807) is 0 Å². The summed E-state index contributed by atoms with van der Waals surface area (Å²) in [5, 5.41) is 4.38. The second kappa shape index (κ2) is 4.26. The first-order valence-corrected chi connectivity index (χ1v) is 6.14. The largest absolute Gasteiger partial charge is 0.289 e. The van der Waals surface area contributed by atoms with Crippen LogP contribution in [0.5, 0.6) is 0 Å². The molecule has 0 saturated heterocycles. The van der Waals surface area contributed by atoms with Crippen molar-refractivity contribution < 1.29 is 4.79 Å². The van der Waals surface area contributed by atoms with Gasteiger partial charge in [0, 0.05) is 30.3 Å². The lowest BCUT2D eigenvalue weighted by molar-refractivity contribution is 0.104. The van der Waals surface area contributed by atoms with Gasteiger partial charge in [-0.05, 0) is 24.6 Å². The molecule has 2 aromatic rings. The van der Waals surface area contributed by atoms with E-state index >= 15 is 0 Å². The summed E-state index contributed by atoms with van der Waals surface area (Å²) in [6.07, 6.45) is 4.54. The molecule has 0 fully saturated rings. The van der Waals surface area contributed by atoms with Crippen LogP contribution >= 0.6 is 0 Å². The molecule has 1 aliphatic carbocycles. The van der Waals surface area contributed by atoms with E-state index in [-0.39, 0.29) is 5.78 Å². The van der Waals surface area contributed by atoms with Gasteiger partial charge in [-0.3, -0.25) is 9.48 Å². The summed E-state index contributed by atoms with van der Waals surface area (Å²) >= 11 is 0. The first-order valence-electron chi connectivity index (χ1n) is 6.14. The maximum Gasteiger partial charge on any atom is 0.189 e. The molecule has 0 spiro atoms. The van der Waals surface area contributed by atoms with Crippen molar-refractivity contribution in [3.8, 4) is 0 Å². The van der Waals surface area contributed by atoms with Crippen LogP contribution in [-0.2, 0) is 13.0 Å². The molecule has 3 nitrogen and oxygen atoms in total. The maximum atomic E-state index is 12.2. The third-order valence-electron chi connectivity index (χ3n) is 3.24. The highest BCUT2D eigenvalue weighted by Crippen LogP contribution is 2.27. The highest BCUT2D eigenvalue weighted by atomic mass is 16.1. The number of aromatic nitrogens is 2. The standard InChI is InChI=1S/C15H14N2O/c1-2-17-8-7-13(16-17)10-12-9-11-5-3-4-6-14(11)15(12)18/h3-8,10H,2,9H2,1H3/b12-10+. The van der Waals surface area contributed by atoms with Gasteiger partial charge in [-0.1, -0.05) is 24.3 Å². The Bertz CT molecular complexity index is 637. The minimum Gasteiger partial charge on any atom is -0.289 e. The molecule has 1 aromatic heterocycles. The molecule has 1 aromatic carbocycles. The van der Waals surface area contributed by atoms with Crippen LogP contribution < -0.4 is 0 Å². The van der Waals surface area contributed by atoms with Crippen LogP contribution in [0.15, 0.2) is 42.1 Å². The third kappa shape index (κ3) is 1.78. The van der Waals surface area contributed by atoms with Crippen molar-refractivity contribution in [3.05, 3.63) is 58.9 Å². The summed E-state index contributed by atoms with van der Waals surface area (Å²) in [6.45, 7) is 2.89. The number of allylic oxidation sites excluding steroid dienone is 1. The first kappa shape index (κ1) is 11.0. The third-order valence-corrected chi connectivity index (χ3v) is 3.24.